The lowest BCUT2D eigenvalue weighted by Crippen LogP contribution is -2.00. The van der Waals surface area contributed by atoms with E-state index in [4.69, 9.17) is 11.6 Å². The first-order valence-corrected chi connectivity index (χ1v) is 6.19. The molecule has 2 rings (SSSR count). The standard InChI is InChI=1S/C14H14ClFN2/c1-4-12-17-13(9(3)14(15)18-12)10-5-8(2)6-11(16)7-10/h5-7H,4H2,1-3H3. The van der Waals surface area contributed by atoms with E-state index in [0.717, 1.165) is 16.7 Å². The first kappa shape index (κ1) is 13.0. The average molecular weight is 265 g/mol. The first-order chi connectivity index (χ1) is 8.51. The molecule has 0 spiro atoms. The molecule has 0 N–H and O–H groups in total. The minimum Gasteiger partial charge on any atom is -0.233 e. The summed E-state index contributed by atoms with van der Waals surface area (Å²) < 4.78 is 13.5. The molecule has 0 fully saturated rings. The maximum Gasteiger partial charge on any atom is 0.136 e. The van der Waals surface area contributed by atoms with Crippen molar-refractivity contribution < 1.29 is 4.39 Å². The fourth-order valence-electron chi connectivity index (χ4n) is 1.84. The molecular formula is C14H14ClFN2. The monoisotopic (exact) mass is 264 g/mol. The molecule has 1 heterocycles. The van der Waals surface area contributed by atoms with Gasteiger partial charge >= 0.3 is 0 Å². The van der Waals surface area contributed by atoms with Crippen LogP contribution < -0.4 is 0 Å². The minimum atomic E-state index is -0.266. The van der Waals surface area contributed by atoms with Gasteiger partial charge in [-0.05, 0) is 37.6 Å². The van der Waals surface area contributed by atoms with E-state index in [-0.39, 0.29) is 5.82 Å². The summed E-state index contributed by atoms with van der Waals surface area (Å²) in [4.78, 5) is 8.62. The molecule has 0 amide bonds. The van der Waals surface area contributed by atoms with Crippen LogP contribution >= 0.6 is 11.6 Å². The fraction of sp³-hybridized carbons (Fsp3) is 0.286. The predicted molar refractivity (Wildman–Crippen MR) is 71.3 cm³/mol. The van der Waals surface area contributed by atoms with E-state index in [1.807, 2.05) is 26.8 Å². The summed E-state index contributed by atoms with van der Waals surface area (Å²) in [6.45, 7) is 5.66. The molecule has 0 radical (unpaired) electrons. The lowest BCUT2D eigenvalue weighted by atomic mass is 10.1. The SMILES string of the molecule is CCc1nc(Cl)c(C)c(-c2cc(C)cc(F)c2)n1. The van der Waals surface area contributed by atoms with E-state index >= 15 is 0 Å². The van der Waals surface area contributed by atoms with Gasteiger partial charge in [0.05, 0.1) is 5.69 Å². The number of benzene rings is 1. The van der Waals surface area contributed by atoms with Crippen LogP contribution in [0.5, 0.6) is 0 Å². The highest BCUT2D eigenvalue weighted by molar-refractivity contribution is 6.30. The zero-order valence-electron chi connectivity index (χ0n) is 10.6. The van der Waals surface area contributed by atoms with Gasteiger partial charge in [0.25, 0.3) is 0 Å². The minimum absolute atomic E-state index is 0.266. The second kappa shape index (κ2) is 5.02. The third-order valence-corrected chi connectivity index (χ3v) is 3.13. The predicted octanol–water partition coefficient (Wildman–Crippen LogP) is 4.12. The van der Waals surface area contributed by atoms with Crippen LogP contribution in [-0.2, 0) is 6.42 Å². The van der Waals surface area contributed by atoms with Crippen LogP contribution in [0.15, 0.2) is 18.2 Å². The maximum atomic E-state index is 13.5. The summed E-state index contributed by atoms with van der Waals surface area (Å²) in [5, 5.41) is 0.429. The molecule has 0 aliphatic carbocycles. The number of halogens is 2. The number of hydrogen-bond donors (Lipinski definition) is 0. The molecule has 2 aromatic rings. The molecule has 0 aliphatic heterocycles. The first-order valence-electron chi connectivity index (χ1n) is 5.82. The molecule has 0 unspecified atom stereocenters. The van der Waals surface area contributed by atoms with Gasteiger partial charge in [-0.3, -0.25) is 0 Å². The Hall–Kier alpha value is -1.48. The quantitative estimate of drug-likeness (QED) is 0.763. The molecule has 94 valence electrons. The topological polar surface area (TPSA) is 25.8 Å². The highest BCUT2D eigenvalue weighted by Gasteiger charge is 2.11. The van der Waals surface area contributed by atoms with Gasteiger partial charge in [0.15, 0.2) is 0 Å². The molecule has 0 saturated carbocycles. The van der Waals surface area contributed by atoms with E-state index in [1.165, 1.54) is 12.1 Å². The number of hydrogen-bond acceptors (Lipinski definition) is 2. The normalized spacial score (nSPS) is 10.7. The molecule has 1 aromatic carbocycles. The van der Waals surface area contributed by atoms with Crippen molar-refractivity contribution in [2.75, 3.05) is 0 Å². The van der Waals surface area contributed by atoms with E-state index in [9.17, 15) is 4.39 Å². The molecule has 0 aliphatic rings. The van der Waals surface area contributed by atoms with E-state index in [2.05, 4.69) is 9.97 Å². The molecular weight excluding hydrogens is 251 g/mol. The Kier molecular flexibility index (Phi) is 3.62. The molecule has 18 heavy (non-hydrogen) atoms. The van der Waals surface area contributed by atoms with Crippen molar-refractivity contribution in [3.05, 3.63) is 46.1 Å². The van der Waals surface area contributed by atoms with Crippen LogP contribution in [0.2, 0.25) is 5.15 Å². The molecule has 4 heteroatoms. The Labute approximate surface area is 111 Å². The van der Waals surface area contributed by atoms with Crippen LogP contribution in [-0.4, -0.2) is 9.97 Å². The number of aryl methyl sites for hydroxylation is 2. The van der Waals surface area contributed by atoms with E-state index in [1.54, 1.807) is 0 Å². The maximum absolute atomic E-state index is 13.5. The van der Waals surface area contributed by atoms with Gasteiger partial charge in [-0.25, -0.2) is 14.4 Å². The lowest BCUT2D eigenvalue weighted by molar-refractivity contribution is 0.627. The Morgan fingerprint density at radius 1 is 1.17 bits per heavy atom. The van der Waals surface area contributed by atoms with E-state index in [0.29, 0.717) is 23.1 Å². The highest BCUT2D eigenvalue weighted by atomic mass is 35.5. The lowest BCUT2D eigenvalue weighted by Gasteiger charge is -2.09. The Morgan fingerprint density at radius 2 is 1.89 bits per heavy atom. The van der Waals surface area contributed by atoms with Crippen molar-refractivity contribution in [3.8, 4) is 11.3 Å². The van der Waals surface area contributed by atoms with Crippen LogP contribution in [0.25, 0.3) is 11.3 Å². The van der Waals surface area contributed by atoms with Gasteiger partial charge in [-0.2, -0.15) is 0 Å². The van der Waals surface area contributed by atoms with Crippen LogP contribution in [0.4, 0.5) is 4.39 Å². The second-order valence-corrected chi connectivity index (χ2v) is 4.63. The van der Waals surface area contributed by atoms with Crippen molar-refractivity contribution in [2.24, 2.45) is 0 Å². The van der Waals surface area contributed by atoms with Gasteiger partial charge in [0, 0.05) is 17.5 Å². The van der Waals surface area contributed by atoms with Gasteiger partial charge < -0.3 is 0 Å². The summed E-state index contributed by atoms with van der Waals surface area (Å²) in [7, 11) is 0. The van der Waals surface area contributed by atoms with Crippen molar-refractivity contribution >= 4 is 11.6 Å². The second-order valence-electron chi connectivity index (χ2n) is 4.28. The third kappa shape index (κ3) is 2.51. The highest BCUT2D eigenvalue weighted by Crippen LogP contribution is 2.27. The molecule has 0 atom stereocenters. The summed E-state index contributed by atoms with van der Waals surface area (Å²) in [5.41, 5.74) is 3.08. The van der Waals surface area contributed by atoms with Gasteiger partial charge in [-0.1, -0.05) is 18.5 Å². The molecule has 2 nitrogen and oxygen atoms in total. The molecule has 0 bridgehead atoms. The summed E-state index contributed by atoms with van der Waals surface area (Å²) in [6.07, 6.45) is 0.696. The van der Waals surface area contributed by atoms with Crippen molar-refractivity contribution in [1.82, 2.24) is 9.97 Å². The molecule has 1 aromatic heterocycles. The third-order valence-electron chi connectivity index (χ3n) is 2.76. The number of aromatic nitrogens is 2. The van der Waals surface area contributed by atoms with Crippen LogP contribution in [0.3, 0.4) is 0 Å². The summed E-state index contributed by atoms with van der Waals surface area (Å²) in [5.74, 6) is 0.402. The van der Waals surface area contributed by atoms with Crippen molar-refractivity contribution in [1.29, 1.82) is 0 Å². The molecule has 0 saturated heterocycles. The van der Waals surface area contributed by atoms with Gasteiger partial charge in [0.1, 0.15) is 16.8 Å². The Morgan fingerprint density at radius 3 is 2.50 bits per heavy atom. The van der Waals surface area contributed by atoms with Gasteiger partial charge in [-0.15, -0.1) is 0 Å². The van der Waals surface area contributed by atoms with Crippen LogP contribution in [0.1, 0.15) is 23.9 Å². The van der Waals surface area contributed by atoms with E-state index < -0.39 is 0 Å². The number of nitrogens with zero attached hydrogens (tertiary/aromatic N) is 2. The zero-order chi connectivity index (χ0) is 13.3. The smallest absolute Gasteiger partial charge is 0.136 e. The van der Waals surface area contributed by atoms with Crippen LogP contribution in [0, 0.1) is 19.7 Å². The Bertz CT molecular complexity index is 576. The van der Waals surface area contributed by atoms with Crippen molar-refractivity contribution in [3.63, 3.8) is 0 Å². The Balaban J connectivity index is 2.65. The number of rotatable bonds is 2. The largest absolute Gasteiger partial charge is 0.233 e. The van der Waals surface area contributed by atoms with Gasteiger partial charge in [0.2, 0.25) is 0 Å². The fourth-order valence-corrected chi connectivity index (χ4v) is 2.03. The van der Waals surface area contributed by atoms with Crippen molar-refractivity contribution in [2.45, 2.75) is 27.2 Å². The summed E-state index contributed by atoms with van der Waals surface area (Å²) >= 11 is 6.08. The summed E-state index contributed by atoms with van der Waals surface area (Å²) in [6, 6.07) is 4.86. The average Bonchev–Trinajstić information content (AvgIpc) is 2.31. The zero-order valence-corrected chi connectivity index (χ0v) is 11.3.